The number of hydrogen-bond acceptors (Lipinski definition) is 4. The van der Waals surface area contributed by atoms with E-state index < -0.39 is 0 Å². The third kappa shape index (κ3) is 5.72. The van der Waals surface area contributed by atoms with Crippen molar-refractivity contribution in [2.75, 3.05) is 33.3 Å². The van der Waals surface area contributed by atoms with E-state index >= 15 is 0 Å². The van der Waals surface area contributed by atoms with Gasteiger partial charge in [-0.3, -0.25) is 4.79 Å². The van der Waals surface area contributed by atoms with E-state index in [-0.39, 0.29) is 5.91 Å². The summed E-state index contributed by atoms with van der Waals surface area (Å²) in [4.78, 5) is 23.2. The molecule has 2 saturated heterocycles. The molecular formula is C28H42N4O2. The Kier molecular flexibility index (Phi) is 8.79. The average molecular weight is 467 g/mol. The molecule has 1 aromatic heterocycles. The van der Waals surface area contributed by atoms with Crippen LogP contribution in [0.15, 0.2) is 24.3 Å². The van der Waals surface area contributed by atoms with Gasteiger partial charge >= 0.3 is 0 Å². The highest BCUT2D eigenvalue weighted by Crippen LogP contribution is 2.27. The van der Waals surface area contributed by atoms with Crippen LogP contribution < -0.4 is 0 Å². The van der Waals surface area contributed by atoms with Gasteiger partial charge in [-0.15, -0.1) is 0 Å². The lowest BCUT2D eigenvalue weighted by Gasteiger charge is -2.36. The molecule has 6 nitrogen and oxygen atoms in total. The predicted molar refractivity (Wildman–Crippen MR) is 137 cm³/mol. The Bertz CT molecular complexity index is 940. The number of hydrogen-bond donors (Lipinski definition) is 0. The second-order valence-electron chi connectivity index (χ2n) is 10.0. The Hall–Kier alpha value is -2.18. The molecule has 2 aromatic rings. The summed E-state index contributed by atoms with van der Waals surface area (Å²) >= 11 is 0. The van der Waals surface area contributed by atoms with Gasteiger partial charge in [-0.25, -0.2) is 4.98 Å². The summed E-state index contributed by atoms with van der Waals surface area (Å²) in [7, 11) is 3.64. The van der Waals surface area contributed by atoms with Crippen LogP contribution in [0.5, 0.6) is 0 Å². The molecule has 0 saturated carbocycles. The first-order valence-corrected chi connectivity index (χ1v) is 13.3. The van der Waals surface area contributed by atoms with E-state index in [0.29, 0.717) is 18.3 Å². The molecule has 186 valence electrons. The van der Waals surface area contributed by atoms with Gasteiger partial charge in [0.15, 0.2) is 0 Å². The first-order chi connectivity index (χ1) is 16.6. The molecule has 1 aromatic carbocycles. The Morgan fingerprint density at radius 1 is 1.09 bits per heavy atom. The van der Waals surface area contributed by atoms with Gasteiger partial charge in [0.25, 0.3) is 5.91 Å². The fourth-order valence-electron chi connectivity index (χ4n) is 5.63. The first kappa shape index (κ1) is 24.9. The molecule has 0 spiro atoms. The number of rotatable bonds is 10. The van der Waals surface area contributed by atoms with Crippen molar-refractivity contribution in [3.05, 3.63) is 41.2 Å². The summed E-state index contributed by atoms with van der Waals surface area (Å²) in [6.07, 6.45) is 10.9. The van der Waals surface area contributed by atoms with Gasteiger partial charge in [0, 0.05) is 38.9 Å². The largest absolute Gasteiger partial charge is 0.378 e. The summed E-state index contributed by atoms with van der Waals surface area (Å²) in [6, 6.07) is 9.28. The number of aromatic nitrogens is 2. The molecule has 2 aliphatic rings. The molecule has 0 atom stereocenters. The van der Waals surface area contributed by atoms with E-state index in [2.05, 4.69) is 36.1 Å². The molecule has 4 rings (SSSR count). The fourth-order valence-corrected chi connectivity index (χ4v) is 5.63. The topological polar surface area (TPSA) is 50.6 Å². The number of piperidine rings is 1. The quantitative estimate of drug-likeness (QED) is 0.460. The van der Waals surface area contributed by atoms with Crippen LogP contribution in [0.2, 0.25) is 0 Å². The van der Waals surface area contributed by atoms with E-state index in [1.165, 1.54) is 57.2 Å². The second-order valence-corrected chi connectivity index (χ2v) is 10.0. The van der Waals surface area contributed by atoms with Crippen molar-refractivity contribution in [3.8, 4) is 11.4 Å². The van der Waals surface area contributed by atoms with E-state index in [1.807, 2.05) is 16.5 Å². The van der Waals surface area contributed by atoms with Gasteiger partial charge in [-0.2, -0.15) is 0 Å². The minimum absolute atomic E-state index is 0.0869. The van der Waals surface area contributed by atoms with Crippen LogP contribution in [-0.4, -0.2) is 64.6 Å². The van der Waals surface area contributed by atoms with Crippen LogP contribution in [0.4, 0.5) is 0 Å². The maximum atomic E-state index is 13.7. The van der Waals surface area contributed by atoms with Crippen molar-refractivity contribution < 1.29 is 9.53 Å². The van der Waals surface area contributed by atoms with Crippen molar-refractivity contribution >= 4 is 5.91 Å². The highest BCUT2D eigenvalue weighted by atomic mass is 16.5. The van der Waals surface area contributed by atoms with Gasteiger partial charge in [-0.1, -0.05) is 44.4 Å². The van der Waals surface area contributed by atoms with Gasteiger partial charge in [0.05, 0.1) is 12.3 Å². The summed E-state index contributed by atoms with van der Waals surface area (Å²) in [5.74, 6) is 0.932. The molecule has 34 heavy (non-hydrogen) atoms. The zero-order valence-corrected chi connectivity index (χ0v) is 21.4. The summed E-state index contributed by atoms with van der Waals surface area (Å²) in [6.45, 7) is 6.67. The molecule has 0 unspecified atom stereocenters. The summed E-state index contributed by atoms with van der Waals surface area (Å²) in [5.41, 5.74) is 3.81. The lowest BCUT2D eigenvalue weighted by molar-refractivity contribution is 0.0630. The minimum atomic E-state index is 0.0869. The van der Waals surface area contributed by atoms with E-state index in [1.54, 1.807) is 7.11 Å². The third-order valence-electron chi connectivity index (χ3n) is 7.56. The molecule has 0 N–H and O–H groups in total. The molecule has 0 bridgehead atoms. The van der Waals surface area contributed by atoms with Crippen molar-refractivity contribution in [2.45, 2.75) is 77.4 Å². The van der Waals surface area contributed by atoms with Crippen molar-refractivity contribution in [1.29, 1.82) is 0 Å². The number of ether oxygens (including phenoxy) is 1. The molecule has 2 aliphatic heterocycles. The van der Waals surface area contributed by atoms with Crippen LogP contribution in [0.1, 0.15) is 80.0 Å². The van der Waals surface area contributed by atoms with Gasteiger partial charge < -0.3 is 19.1 Å². The van der Waals surface area contributed by atoms with Crippen LogP contribution >= 0.6 is 0 Å². The first-order valence-electron chi connectivity index (χ1n) is 13.3. The number of carbonyl (C=O) groups is 1. The lowest BCUT2D eigenvalue weighted by atomic mass is 10.0. The Morgan fingerprint density at radius 3 is 2.56 bits per heavy atom. The van der Waals surface area contributed by atoms with E-state index in [0.717, 1.165) is 49.4 Å². The maximum absolute atomic E-state index is 13.7. The highest BCUT2D eigenvalue weighted by molar-refractivity contribution is 5.94. The predicted octanol–water partition coefficient (Wildman–Crippen LogP) is 5.06. The number of unbranched alkanes of at least 4 members (excludes halogenated alkanes) is 3. The van der Waals surface area contributed by atoms with E-state index in [9.17, 15) is 4.79 Å². The summed E-state index contributed by atoms with van der Waals surface area (Å²) in [5, 5.41) is 0. The molecule has 3 heterocycles. The third-order valence-corrected chi connectivity index (χ3v) is 7.56. The highest BCUT2D eigenvalue weighted by Gasteiger charge is 2.31. The van der Waals surface area contributed by atoms with Crippen LogP contribution in [0, 0.1) is 0 Å². The molecule has 1 amide bonds. The number of methoxy groups -OCH3 is 1. The number of imidazole rings is 1. The van der Waals surface area contributed by atoms with Crippen molar-refractivity contribution in [2.24, 2.45) is 7.05 Å². The minimum Gasteiger partial charge on any atom is -0.378 e. The Labute approximate surface area is 205 Å². The lowest BCUT2D eigenvalue weighted by Crippen LogP contribution is -2.46. The van der Waals surface area contributed by atoms with E-state index in [4.69, 9.17) is 9.72 Å². The maximum Gasteiger partial charge on any atom is 0.272 e. The van der Waals surface area contributed by atoms with Crippen molar-refractivity contribution in [3.63, 3.8) is 0 Å². The average Bonchev–Trinajstić information content (AvgIpc) is 3.51. The van der Waals surface area contributed by atoms with Crippen molar-refractivity contribution in [1.82, 2.24) is 19.4 Å². The second kappa shape index (κ2) is 12.0. The standard InChI is InChI=1S/C28H42N4O2/c1-4-5-6-7-11-22-12-10-13-23(20-22)27-29-25(21-34-3)26(30(27)2)28(33)32-18-14-24(15-19-32)31-16-8-9-17-31/h10,12-13,20,24H,4-9,11,14-19,21H2,1-3H3. The monoisotopic (exact) mass is 466 g/mol. The SMILES string of the molecule is CCCCCCc1cccc(-c2nc(COC)c(C(=O)N3CCC(N4CCCC4)CC3)n2C)c1. The zero-order valence-electron chi connectivity index (χ0n) is 21.4. The summed E-state index contributed by atoms with van der Waals surface area (Å²) < 4.78 is 7.43. The van der Waals surface area contributed by atoms with Gasteiger partial charge in [0.2, 0.25) is 0 Å². The Morgan fingerprint density at radius 2 is 1.85 bits per heavy atom. The number of benzene rings is 1. The molecule has 0 aliphatic carbocycles. The van der Waals surface area contributed by atoms with Crippen LogP contribution in [-0.2, 0) is 24.8 Å². The smallest absolute Gasteiger partial charge is 0.272 e. The molecule has 2 fully saturated rings. The van der Waals surface area contributed by atoms with Crippen LogP contribution in [0.25, 0.3) is 11.4 Å². The van der Waals surface area contributed by atoms with Gasteiger partial charge in [0.1, 0.15) is 11.5 Å². The number of amides is 1. The normalized spacial score (nSPS) is 17.6. The number of likely N-dealkylation sites (tertiary alicyclic amines) is 2. The Balaban J connectivity index is 1.50. The molecule has 6 heteroatoms. The van der Waals surface area contributed by atoms with Gasteiger partial charge in [-0.05, 0) is 63.2 Å². The number of nitrogens with zero attached hydrogens (tertiary/aromatic N) is 4. The molecule has 0 radical (unpaired) electrons. The number of carbonyl (C=O) groups excluding carboxylic acids is 1. The fraction of sp³-hybridized carbons (Fsp3) is 0.643. The zero-order chi connectivity index (χ0) is 23.9. The number of aryl methyl sites for hydroxylation is 1. The van der Waals surface area contributed by atoms with Crippen LogP contribution in [0.3, 0.4) is 0 Å². The molecular weight excluding hydrogens is 424 g/mol.